The van der Waals surface area contributed by atoms with Gasteiger partial charge in [0.05, 0.1) is 42.0 Å². The number of rotatable bonds is 9. The van der Waals surface area contributed by atoms with Gasteiger partial charge in [0.2, 0.25) is 16.0 Å². The first kappa shape index (κ1) is 21.9. The van der Waals surface area contributed by atoms with Crippen LogP contribution in [0.5, 0.6) is 0 Å². The second kappa shape index (κ2) is 8.68. The first-order chi connectivity index (χ1) is 15.3. The molecule has 0 aromatic carbocycles. The molecule has 1 aliphatic heterocycles. The fourth-order valence-corrected chi connectivity index (χ4v) is 5.44. The van der Waals surface area contributed by atoms with Crippen LogP contribution in [0, 0.1) is 11.3 Å². The van der Waals surface area contributed by atoms with Gasteiger partial charge in [0.25, 0.3) is 0 Å². The van der Waals surface area contributed by atoms with Gasteiger partial charge in [-0.05, 0) is 12.5 Å². The van der Waals surface area contributed by atoms with Gasteiger partial charge in [0.15, 0.2) is 0 Å². The molecule has 12 heteroatoms. The van der Waals surface area contributed by atoms with Gasteiger partial charge in [-0.2, -0.15) is 19.8 Å². The molecule has 4 heterocycles. The summed E-state index contributed by atoms with van der Waals surface area (Å²) in [6.07, 6.45) is 10.2. The third kappa shape index (κ3) is 4.35. The molecule has 0 unspecified atom stereocenters. The van der Waals surface area contributed by atoms with Crippen molar-refractivity contribution in [2.45, 2.75) is 31.7 Å². The molecule has 0 spiro atoms. The van der Waals surface area contributed by atoms with Crippen molar-refractivity contribution in [3.8, 4) is 17.3 Å². The molecule has 0 bridgehead atoms. The molecule has 3 aromatic rings. The highest BCUT2D eigenvalue weighted by atomic mass is 32.2. The van der Waals surface area contributed by atoms with Gasteiger partial charge in [-0.1, -0.05) is 13.3 Å². The normalized spacial score (nSPS) is 15.8. The quantitative estimate of drug-likeness (QED) is 0.517. The predicted molar refractivity (Wildman–Crippen MR) is 118 cm³/mol. The first-order valence-electron chi connectivity index (χ1n) is 10.3. The Hall–Kier alpha value is -3.30. The Balaban J connectivity index is 1.52. The zero-order valence-corrected chi connectivity index (χ0v) is 18.8. The third-order valence-electron chi connectivity index (χ3n) is 5.48. The highest BCUT2D eigenvalue weighted by molar-refractivity contribution is 7.89. The fraction of sp³-hybridized carbons (Fsp3) is 0.450. The van der Waals surface area contributed by atoms with E-state index in [9.17, 15) is 13.7 Å². The largest absolute Gasteiger partial charge is 0.321 e. The molecule has 1 N–H and O–H groups in total. The second-order valence-electron chi connectivity index (χ2n) is 7.96. The Bertz CT molecular complexity index is 1240. The Labute approximate surface area is 186 Å². The number of aryl methyl sites for hydroxylation is 1. The third-order valence-corrected chi connectivity index (χ3v) is 7.33. The summed E-state index contributed by atoms with van der Waals surface area (Å²) in [7, 11) is -1.49. The van der Waals surface area contributed by atoms with E-state index in [1.807, 2.05) is 26.4 Å². The van der Waals surface area contributed by atoms with Crippen LogP contribution in [0.2, 0.25) is 0 Å². The van der Waals surface area contributed by atoms with Crippen molar-refractivity contribution in [2.24, 2.45) is 7.05 Å². The molecule has 0 aliphatic carbocycles. The van der Waals surface area contributed by atoms with Gasteiger partial charge in [-0.25, -0.2) is 18.4 Å². The summed E-state index contributed by atoms with van der Waals surface area (Å²) in [5, 5.41) is 21.0. The van der Waals surface area contributed by atoms with Crippen LogP contribution in [-0.2, 0) is 22.6 Å². The summed E-state index contributed by atoms with van der Waals surface area (Å²) in [5.41, 5.74) is 1.52. The monoisotopic (exact) mass is 455 g/mol. The summed E-state index contributed by atoms with van der Waals surface area (Å²) in [5.74, 6) is 0.552. The van der Waals surface area contributed by atoms with Crippen molar-refractivity contribution < 1.29 is 8.42 Å². The van der Waals surface area contributed by atoms with E-state index in [0.717, 1.165) is 17.7 Å². The summed E-state index contributed by atoms with van der Waals surface area (Å²) in [6.45, 7) is 2.44. The van der Waals surface area contributed by atoms with E-state index in [-0.39, 0.29) is 25.3 Å². The first-order valence-corrected chi connectivity index (χ1v) is 12.0. The standard InChI is InChI=1S/C20H25N9O2S/c1-3-4-9-32(30,31)28-14-20(15-28,6-7-21)29-12-16(10-24-29)18-5-8-22-19(26-18)25-17-11-23-27(2)13-17/h5,8,10-13H,3-4,6,9,14-15H2,1-2H3,(H,22,25,26). The molecule has 0 amide bonds. The summed E-state index contributed by atoms with van der Waals surface area (Å²) >= 11 is 0. The Morgan fingerprint density at radius 2 is 2.06 bits per heavy atom. The van der Waals surface area contributed by atoms with E-state index >= 15 is 0 Å². The Kier molecular flexibility index (Phi) is 5.94. The molecule has 0 radical (unpaired) electrons. The number of nitrogens with zero attached hydrogens (tertiary/aromatic N) is 8. The van der Waals surface area contributed by atoms with Crippen LogP contribution in [0.3, 0.4) is 0 Å². The number of nitrogens with one attached hydrogen (secondary N) is 1. The summed E-state index contributed by atoms with van der Waals surface area (Å²) < 4.78 is 29.8. The topological polar surface area (TPSA) is 135 Å². The van der Waals surface area contributed by atoms with E-state index in [0.29, 0.717) is 18.1 Å². The van der Waals surface area contributed by atoms with Crippen LogP contribution >= 0.6 is 0 Å². The lowest BCUT2D eigenvalue weighted by Gasteiger charge is -2.47. The van der Waals surface area contributed by atoms with Crippen LogP contribution in [-0.4, -0.2) is 61.1 Å². The molecular weight excluding hydrogens is 430 g/mol. The van der Waals surface area contributed by atoms with E-state index in [4.69, 9.17) is 0 Å². The van der Waals surface area contributed by atoms with Crippen molar-refractivity contribution >= 4 is 21.7 Å². The van der Waals surface area contributed by atoms with Gasteiger partial charge in [-0.15, -0.1) is 0 Å². The maximum atomic E-state index is 12.5. The average molecular weight is 456 g/mol. The molecular formula is C20H25N9O2S. The maximum absolute atomic E-state index is 12.5. The minimum absolute atomic E-state index is 0.129. The van der Waals surface area contributed by atoms with Gasteiger partial charge >= 0.3 is 0 Å². The number of sulfonamides is 1. The van der Waals surface area contributed by atoms with E-state index in [1.54, 1.807) is 34.0 Å². The van der Waals surface area contributed by atoms with Crippen LogP contribution < -0.4 is 5.32 Å². The minimum Gasteiger partial charge on any atom is -0.321 e. The lowest BCUT2D eigenvalue weighted by atomic mass is 9.89. The highest BCUT2D eigenvalue weighted by Crippen LogP contribution is 2.35. The molecule has 1 aliphatic rings. The van der Waals surface area contributed by atoms with E-state index < -0.39 is 15.6 Å². The lowest BCUT2D eigenvalue weighted by Crippen LogP contribution is -2.64. The molecule has 32 heavy (non-hydrogen) atoms. The molecule has 3 aromatic heterocycles. The van der Waals surface area contributed by atoms with Crippen LogP contribution in [0.4, 0.5) is 11.6 Å². The second-order valence-corrected chi connectivity index (χ2v) is 10.1. The van der Waals surface area contributed by atoms with Gasteiger partial charge in [0, 0.05) is 44.3 Å². The van der Waals surface area contributed by atoms with E-state index in [1.165, 1.54) is 4.31 Å². The number of aromatic nitrogens is 6. The molecule has 4 rings (SSSR count). The summed E-state index contributed by atoms with van der Waals surface area (Å²) in [6, 6.07) is 3.96. The molecule has 0 atom stereocenters. The number of anilines is 2. The number of unbranched alkanes of at least 4 members (excludes halogenated alkanes) is 1. The molecule has 168 valence electrons. The fourth-order valence-electron chi connectivity index (χ4n) is 3.66. The maximum Gasteiger partial charge on any atom is 0.227 e. The van der Waals surface area contributed by atoms with Gasteiger partial charge in [-0.3, -0.25) is 9.36 Å². The SMILES string of the molecule is CCCCS(=O)(=O)N1CC(CC#N)(n2cc(-c3ccnc(Nc4cnn(C)c4)n3)cn2)C1. The van der Waals surface area contributed by atoms with Crippen molar-refractivity contribution in [3.63, 3.8) is 0 Å². The van der Waals surface area contributed by atoms with Crippen LogP contribution in [0.25, 0.3) is 11.3 Å². The van der Waals surface area contributed by atoms with Crippen molar-refractivity contribution in [1.82, 2.24) is 33.8 Å². The van der Waals surface area contributed by atoms with Gasteiger partial charge < -0.3 is 5.32 Å². The Morgan fingerprint density at radius 1 is 1.25 bits per heavy atom. The minimum atomic E-state index is -3.31. The average Bonchev–Trinajstić information content (AvgIpc) is 3.38. The zero-order valence-electron chi connectivity index (χ0n) is 18.0. The highest BCUT2D eigenvalue weighted by Gasteiger charge is 2.49. The van der Waals surface area contributed by atoms with Crippen LogP contribution in [0.15, 0.2) is 37.1 Å². The molecule has 0 saturated carbocycles. The number of hydrogen-bond donors (Lipinski definition) is 1. The smallest absolute Gasteiger partial charge is 0.227 e. The predicted octanol–water partition coefficient (Wildman–Crippen LogP) is 1.87. The Morgan fingerprint density at radius 3 is 2.75 bits per heavy atom. The summed E-state index contributed by atoms with van der Waals surface area (Å²) in [4.78, 5) is 8.78. The number of hydrogen-bond acceptors (Lipinski definition) is 8. The molecule has 1 fully saturated rings. The van der Waals surface area contributed by atoms with Crippen molar-refractivity contribution in [2.75, 3.05) is 24.2 Å². The van der Waals surface area contributed by atoms with Crippen LogP contribution in [0.1, 0.15) is 26.2 Å². The number of nitriles is 1. The van der Waals surface area contributed by atoms with E-state index in [2.05, 4.69) is 31.6 Å². The van der Waals surface area contributed by atoms with Gasteiger partial charge in [0.1, 0.15) is 5.54 Å². The molecule has 1 saturated heterocycles. The van der Waals surface area contributed by atoms with Crippen molar-refractivity contribution in [1.29, 1.82) is 5.26 Å². The lowest BCUT2D eigenvalue weighted by molar-refractivity contribution is 0.0717. The molecule has 11 nitrogen and oxygen atoms in total. The zero-order chi connectivity index (χ0) is 22.8. The van der Waals surface area contributed by atoms with Crippen molar-refractivity contribution in [3.05, 3.63) is 37.1 Å².